The van der Waals surface area contributed by atoms with Crippen LogP contribution in [0.4, 0.5) is 17.6 Å². The molecular weight excluding hydrogens is 244 g/mol. The van der Waals surface area contributed by atoms with Gasteiger partial charge in [-0.2, -0.15) is 21.4 Å². The molecule has 0 aliphatic rings. The van der Waals surface area contributed by atoms with Crippen LogP contribution in [0.25, 0.3) is 0 Å². The number of benzene rings is 1. The maximum atomic E-state index is 13.1. The van der Waals surface area contributed by atoms with E-state index in [9.17, 15) is 17.6 Å². The third-order valence-corrected chi connectivity index (χ3v) is 2.52. The van der Waals surface area contributed by atoms with Crippen molar-refractivity contribution in [3.8, 4) is 5.75 Å². The molecule has 0 N–H and O–H groups in total. The van der Waals surface area contributed by atoms with Crippen LogP contribution >= 0.6 is 12.6 Å². The van der Waals surface area contributed by atoms with Crippen molar-refractivity contribution in [3.63, 3.8) is 0 Å². The highest BCUT2D eigenvalue weighted by molar-refractivity contribution is 7.80. The van der Waals surface area contributed by atoms with Gasteiger partial charge in [0.05, 0.1) is 6.61 Å². The molecule has 16 heavy (non-hydrogen) atoms. The van der Waals surface area contributed by atoms with Gasteiger partial charge in [-0.15, -0.1) is 0 Å². The molecule has 0 radical (unpaired) electrons. The molecule has 6 heteroatoms. The average molecular weight is 254 g/mol. The van der Waals surface area contributed by atoms with Crippen molar-refractivity contribution in [2.24, 2.45) is 5.92 Å². The van der Waals surface area contributed by atoms with E-state index >= 15 is 0 Å². The number of thiol groups is 1. The van der Waals surface area contributed by atoms with Crippen LogP contribution in [0.5, 0.6) is 5.75 Å². The van der Waals surface area contributed by atoms with Gasteiger partial charge in [-0.05, 0) is 11.7 Å². The molecule has 1 rings (SSSR count). The van der Waals surface area contributed by atoms with Gasteiger partial charge >= 0.3 is 0 Å². The van der Waals surface area contributed by atoms with E-state index in [1.54, 1.807) is 6.92 Å². The Hall–Kier alpha value is -0.910. The number of halogens is 4. The van der Waals surface area contributed by atoms with Gasteiger partial charge in [-0.1, -0.05) is 6.92 Å². The van der Waals surface area contributed by atoms with E-state index in [-0.39, 0.29) is 18.6 Å². The van der Waals surface area contributed by atoms with Gasteiger partial charge in [0, 0.05) is 6.07 Å². The highest BCUT2D eigenvalue weighted by atomic mass is 32.1. The average Bonchev–Trinajstić information content (AvgIpc) is 2.26. The summed E-state index contributed by atoms with van der Waals surface area (Å²) in [4.78, 5) is 0. The first-order valence-electron chi connectivity index (χ1n) is 4.54. The minimum Gasteiger partial charge on any atom is -0.487 e. The molecule has 1 nitrogen and oxygen atoms in total. The zero-order valence-electron chi connectivity index (χ0n) is 8.44. The molecular formula is C10H10F4OS. The quantitative estimate of drug-likeness (QED) is 0.493. The van der Waals surface area contributed by atoms with Crippen LogP contribution in [-0.2, 0) is 0 Å². The molecule has 1 aromatic rings. The highest BCUT2D eigenvalue weighted by Crippen LogP contribution is 2.26. The number of ether oxygens (including phenoxy) is 1. The molecule has 0 aliphatic heterocycles. The zero-order valence-corrected chi connectivity index (χ0v) is 9.33. The number of rotatable bonds is 4. The van der Waals surface area contributed by atoms with E-state index in [0.29, 0.717) is 5.75 Å². The number of hydrogen-bond donors (Lipinski definition) is 1. The fourth-order valence-electron chi connectivity index (χ4n) is 0.956. The SMILES string of the molecule is CC(CS)COc1c(F)c(F)cc(F)c1F. The molecule has 1 unspecified atom stereocenters. The third kappa shape index (κ3) is 2.81. The van der Waals surface area contributed by atoms with Crippen LogP contribution in [0.15, 0.2) is 6.07 Å². The van der Waals surface area contributed by atoms with Gasteiger partial charge in [0.25, 0.3) is 0 Å². The summed E-state index contributed by atoms with van der Waals surface area (Å²) in [6, 6.07) is 0.138. The Morgan fingerprint density at radius 2 is 1.69 bits per heavy atom. The van der Waals surface area contributed by atoms with Crippen molar-refractivity contribution in [2.75, 3.05) is 12.4 Å². The Kier molecular flexibility index (Phi) is 4.46. The molecule has 0 saturated heterocycles. The van der Waals surface area contributed by atoms with Crippen LogP contribution < -0.4 is 4.74 Å². The predicted molar refractivity (Wildman–Crippen MR) is 54.8 cm³/mol. The maximum Gasteiger partial charge on any atom is 0.203 e. The summed E-state index contributed by atoms with van der Waals surface area (Å²) in [7, 11) is 0. The molecule has 0 saturated carbocycles. The van der Waals surface area contributed by atoms with Crippen molar-refractivity contribution in [2.45, 2.75) is 6.92 Å². The minimum atomic E-state index is -1.52. The fraction of sp³-hybridized carbons (Fsp3) is 0.400. The summed E-state index contributed by atoms with van der Waals surface area (Å²) in [5, 5.41) is 0. The standard InChI is InChI=1S/C10H10F4OS/c1-5(4-16)3-15-10-8(13)6(11)2-7(12)9(10)14/h2,5,16H,3-4H2,1H3. The topological polar surface area (TPSA) is 9.23 Å². The van der Waals surface area contributed by atoms with Gasteiger partial charge in [0.15, 0.2) is 17.4 Å². The first-order valence-corrected chi connectivity index (χ1v) is 5.17. The van der Waals surface area contributed by atoms with Gasteiger partial charge < -0.3 is 4.74 Å². The Morgan fingerprint density at radius 3 is 2.12 bits per heavy atom. The van der Waals surface area contributed by atoms with E-state index in [1.165, 1.54) is 0 Å². The molecule has 0 amide bonds. The summed E-state index contributed by atoms with van der Waals surface area (Å²) in [5.41, 5.74) is 0. The summed E-state index contributed by atoms with van der Waals surface area (Å²) < 4.78 is 56.3. The van der Waals surface area contributed by atoms with Crippen molar-refractivity contribution in [1.29, 1.82) is 0 Å². The van der Waals surface area contributed by atoms with Gasteiger partial charge in [-0.3, -0.25) is 0 Å². The smallest absolute Gasteiger partial charge is 0.203 e. The molecule has 1 aromatic carbocycles. The zero-order chi connectivity index (χ0) is 12.3. The molecule has 0 bridgehead atoms. The van der Waals surface area contributed by atoms with E-state index in [2.05, 4.69) is 12.6 Å². The lowest BCUT2D eigenvalue weighted by Gasteiger charge is -2.12. The summed E-state index contributed by atoms with van der Waals surface area (Å²) in [5.74, 6) is -6.68. The first kappa shape index (κ1) is 13.2. The van der Waals surface area contributed by atoms with E-state index in [0.717, 1.165) is 0 Å². The molecule has 1 atom stereocenters. The Bertz CT molecular complexity index is 357. The Morgan fingerprint density at radius 1 is 1.19 bits per heavy atom. The van der Waals surface area contributed by atoms with Crippen molar-refractivity contribution >= 4 is 12.6 Å². The van der Waals surface area contributed by atoms with Crippen molar-refractivity contribution < 1.29 is 22.3 Å². The molecule has 0 heterocycles. The van der Waals surface area contributed by atoms with Crippen molar-refractivity contribution in [1.82, 2.24) is 0 Å². The van der Waals surface area contributed by atoms with Crippen LogP contribution in [0.3, 0.4) is 0 Å². The molecule has 0 aromatic heterocycles. The largest absolute Gasteiger partial charge is 0.487 e. The third-order valence-electron chi connectivity index (χ3n) is 1.90. The van der Waals surface area contributed by atoms with Gasteiger partial charge in [-0.25, -0.2) is 8.78 Å². The van der Waals surface area contributed by atoms with E-state index in [1.807, 2.05) is 0 Å². The maximum absolute atomic E-state index is 13.1. The second-order valence-corrected chi connectivity index (χ2v) is 3.76. The van der Waals surface area contributed by atoms with Gasteiger partial charge in [0.2, 0.25) is 11.6 Å². The van der Waals surface area contributed by atoms with Crippen LogP contribution in [0.2, 0.25) is 0 Å². The second-order valence-electron chi connectivity index (χ2n) is 3.40. The fourth-order valence-corrected chi connectivity index (χ4v) is 1.06. The lowest BCUT2D eigenvalue weighted by atomic mass is 10.2. The summed E-state index contributed by atoms with van der Waals surface area (Å²) in [6.45, 7) is 1.65. The van der Waals surface area contributed by atoms with Crippen molar-refractivity contribution in [3.05, 3.63) is 29.3 Å². The van der Waals surface area contributed by atoms with E-state index in [4.69, 9.17) is 4.74 Å². The van der Waals surface area contributed by atoms with Crippen LogP contribution in [0.1, 0.15) is 6.92 Å². The van der Waals surface area contributed by atoms with E-state index < -0.39 is 29.0 Å². The summed E-state index contributed by atoms with van der Waals surface area (Å²) in [6.07, 6.45) is 0. The first-order chi connectivity index (χ1) is 7.47. The van der Waals surface area contributed by atoms with Gasteiger partial charge in [0.1, 0.15) is 0 Å². The number of hydrogen-bond acceptors (Lipinski definition) is 2. The minimum absolute atomic E-state index is 0.0692. The van der Waals surface area contributed by atoms with Crippen LogP contribution in [0, 0.1) is 29.2 Å². The second kappa shape index (κ2) is 5.43. The molecule has 90 valence electrons. The predicted octanol–water partition coefficient (Wildman–Crippen LogP) is 3.19. The summed E-state index contributed by atoms with van der Waals surface area (Å²) >= 11 is 3.94. The lowest BCUT2D eigenvalue weighted by Crippen LogP contribution is -2.12. The molecule has 0 aliphatic carbocycles. The lowest BCUT2D eigenvalue weighted by molar-refractivity contribution is 0.240. The Labute approximate surface area is 95.8 Å². The van der Waals surface area contributed by atoms with Crippen LogP contribution in [-0.4, -0.2) is 12.4 Å². The Balaban J connectivity index is 2.94. The monoisotopic (exact) mass is 254 g/mol. The molecule has 0 spiro atoms. The molecule has 0 fully saturated rings. The highest BCUT2D eigenvalue weighted by Gasteiger charge is 2.20. The normalized spacial score (nSPS) is 12.6.